The molecule has 0 radical (unpaired) electrons. The van der Waals surface area contributed by atoms with E-state index in [4.69, 9.17) is 9.47 Å². The molecule has 0 spiro atoms. The average Bonchev–Trinajstić information content (AvgIpc) is 3.03. The monoisotopic (exact) mass is 357 g/mol. The number of amides is 1. The summed E-state index contributed by atoms with van der Waals surface area (Å²) in [5.41, 5.74) is 0.943. The summed E-state index contributed by atoms with van der Waals surface area (Å²) >= 11 is 0. The number of rotatable bonds is 6. The largest absolute Gasteiger partial charge is 0.493 e. The fourth-order valence-electron chi connectivity index (χ4n) is 2.68. The second-order valence-corrected chi connectivity index (χ2v) is 5.61. The van der Waals surface area contributed by atoms with Gasteiger partial charge in [0.1, 0.15) is 18.3 Å². The molecule has 1 amide bonds. The average molecular weight is 357 g/mol. The molecule has 2 aromatic heterocycles. The highest BCUT2D eigenvalue weighted by Crippen LogP contribution is 2.30. The lowest BCUT2D eigenvalue weighted by Gasteiger charge is -2.13. The first-order valence-corrected chi connectivity index (χ1v) is 7.89. The number of carbonyl (C=O) groups excluding carboxylic acids is 1. The molecule has 3 rings (SSSR count). The maximum absolute atomic E-state index is 12.4. The van der Waals surface area contributed by atoms with Gasteiger partial charge in [-0.25, -0.2) is 4.98 Å². The van der Waals surface area contributed by atoms with E-state index in [2.05, 4.69) is 15.4 Å². The highest BCUT2D eigenvalue weighted by Gasteiger charge is 2.13. The van der Waals surface area contributed by atoms with Crippen molar-refractivity contribution in [1.82, 2.24) is 24.6 Å². The molecule has 26 heavy (non-hydrogen) atoms. The predicted octanol–water partition coefficient (Wildman–Crippen LogP) is 0.464. The molecule has 0 bridgehead atoms. The van der Waals surface area contributed by atoms with Crippen LogP contribution in [0.3, 0.4) is 0 Å². The number of nitrogens with zero attached hydrogens (tertiary/aromatic N) is 4. The van der Waals surface area contributed by atoms with Gasteiger partial charge in [0.05, 0.1) is 20.4 Å². The van der Waals surface area contributed by atoms with Crippen LogP contribution < -0.4 is 20.3 Å². The molecule has 1 N–H and O–H groups in total. The zero-order chi connectivity index (χ0) is 18.7. The quantitative estimate of drug-likeness (QED) is 0.688. The summed E-state index contributed by atoms with van der Waals surface area (Å²) < 4.78 is 13.3. The summed E-state index contributed by atoms with van der Waals surface area (Å²) in [6.45, 7) is 0.111. The Kier molecular flexibility index (Phi) is 4.87. The number of ether oxygens (including phenoxy) is 2. The lowest BCUT2D eigenvalue weighted by molar-refractivity contribution is -0.121. The summed E-state index contributed by atoms with van der Waals surface area (Å²) in [6.07, 6.45) is 2.79. The van der Waals surface area contributed by atoms with Crippen molar-refractivity contribution in [3.8, 4) is 11.5 Å². The minimum Gasteiger partial charge on any atom is -0.493 e. The first-order valence-electron chi connectivity index (χ1n) is 7.89. The number of aromatic nitrogens is 4. The summed E-state index contributed by atoms with van der Waals surface area (Å²) in [5, 5.41) is 7.15. The maximum atomic E-state index is 12.4. The second kappa shape index (κ2) is 7.26. The summed E-state index contributed by atoms with van der Waals surface area (Å²) in [6, 6.07) is 5.42. The first kappa shape index (κ1) is 17.5. The normalized spacial score (nSPS) is 10.7. The lowest BCUT2D eigenvalue weighted by Crippen LogP contribution is -2.32. The number of hydrogen-bond acceptors (Lipinski definition) is 6. The van der Waals surface area contributed by atoms with Crippen molar-refractivity contribution in [2.45, 2.75) is 13.1 Å². The molecule has 2 heterocycles. The number of nitrogens with one attached hydrogen (secondary N) is 1. The van der Waals surface area contributed by atoms with Crippen molar-refractivity contribution >= 4 is 16.9 Å². The molecular formula is C17H19N5O4. The Morgan fingerprint density at radius 3 is 2.81 bits per heavy atom. The number of aryl methyl sites for hydroxylation is 1. The van der Waals surface area contributed by atoms with E-state index in [1.807, 2.05) is 12.1 Å². The maximum Gasteiger partial charge on any atom is 0.264 e. The molecule has 9 heteroatoms. The Labute approximate surface area is 149 Å². The Morgan fingerprint density at radius 2 is 2.08 bits per heavy atom. The molecule has 136 valence electrons. The summed E-state index contributed by atoms with van der Waals surface area (Å²) in [7, 11) is 4.79. The Hall–Kier alpha value is -3.36. The minimum atomic E-state index is -0.318. The van der Waals surface area contributed by atoms with E-state index in [-0.39, 0.29) is 24.6 Å². The number of carbonyl (C=O) groups is 1. The van der Waals surface area contributed by atoms with Crippen molar-refractivity contribution in [3.05, 3.63) is 46.6 Å². The number of fused-ring (bicyclic) bond motifs is 1. The highest BCUT2D eigenvalue weighted by molar-refractivity contribution is 5.77. The van der Waals surface area contributed by atoms with E-state index >= 15 is 0 Å². The van der Waals surface area contributed by atoms with Gasteiger partial charge in [-0.05, 0) is 6.07 Å². The molecule has 0 aliphatic heterocycles. The van der Waals surface area contributed by atoms with Crippen LogP contribution in [0.25, 0.3) is 11.0 Å². The van der Waals surface area contributed by atoms with Crippen molar-refractivity contribution in [3.63, 3.8) is 0 Å². The van der Waals surface area contributed by atoms with Gasteiger partial charge in [-0.1, -0.05) is 12.1 Å². The fourth-order valence-corrected chi connectivity index (χ4v) is 2.68. The van der Waals surface area contributed by atoms with Gasteiger partial charge in [-0.2, -0.15) is 5.10 Å². The van der Waals surface area contributed by atoms with Crippen LogP contribution in [0.5, 0.6) is 11.5 Å². The van der Waals surface area contributed by atoms with E-state index < -0.39 is 0 Å². The van der Waals surface area contributed by atoms with Crippen LogP contribution in [-0.2, 0) is 24.9 Å². The van der Waals surface area contributed by atoms with Crippen LogP contribution >= 0.6 is 0 Å². The molecule has 3 aromatic rings. The van der Waals surface area contributed by atoms with Gasteiger partial charge in [0.25, 0.3) is 5.56 Å². The Bertz CT molecular complexity index is 1010. The number of hydrogen-bond donors (Lipinski definition) is 1. The highest BCUT2D eigenvalue weighted by atomic mass is 16.5. The van der Waals surface area contributed by atoms with Gasteiger partial charge in [0.15, 0.2) is 17.1 Å². The van der Waals surface area contributed by atoms with Crippen molar-refractivity contribution < 1.29 is 14.3 Å². The minimum absolute atomic E-state index is 0.136. The van der Waals surface area contributed by atoms with Gasteiger partial charge >= 0.3 is 0 Å². The molecule has 0 aliphatic rings. The molecule has 0 saturated carbocycles. The topological polar surface area (TPSA) is 100 Å². The van der Waals surface area contributed by atoms with Crippen LogP contribution in [-0.4, -0.2) is 39.5 Å². The molecule has 0 aliphatic carbocycles. The van der Waals surface area contributed by atoms with Gasteiger partial charge < -0.3 is 14.8 Å². The zero-order valence-electron chi connectivity index (χ0n) is 14.7. The van der Waals surface area contributed by atoms with Crippen LogP contribution in [0.15, 0.2) is 35.5 Å². The summed E-state index contributed by atoms with van der Waals surface area (Å²) in [4.78, 5) is 28.8. The second-order valence-electron chi connectivity index (χ2n) is 5.61. The van der Waals surface area contributed by atoms with Crippen molar-refractivity contribution in [1.29, 1.82) is 0 Å². The number of methoxy groups -OCH3 is 2. The Balaban J connectivity index is 1.72. The molecule has 0 fully saturated rings. The molecule has 9 nitrogen and oxygen atoms in total. The van der Waals surface area contributed by atoms with Gasteiger partial charge in [-0.15, -0.1) is 0 Å². The van der Waals surface area contributed by atoms with Gasteiger partial charge in [-0.3, -0.25) is 18.8 Å². The van der Waals surface area contributed by atoms with Crippen LogP contribution in [0, 0.1) is 0 Å². The number of para-hydroxylation sites is 1. The van der Waals surface area contributed by atoms with Gasteiger partial charge in [0, 0.05) is 19.2 Å². The SMILES string of the molecule is COc1cccc(CNC(=O)Cn2cnc3c(cnn3C)c2=O)c1OC. The summed E-state index contributed by atoms with van der Waals surface area (Å²) in [5.74, 6) is 0.828. The molecule has 1 aromatic carbocycles. The van der Waals surface area contributed by atoms with E-state index in [9.17, 15) is 9.59 Å². The van der Waals surface area contributed by atoms with Gasteiger partial charge in [0.2, 0.25) is 5.91 Å². The van der Waals surface area contributed by atoms with Crippen LogP contribution in [0.2, 0.25) is 0 Å². The predicted molar refractivity (Wildman–Crippen MR) is 94.2 cm³/mol. The third kappa shape index (κ3) is 3.23. The van der Waals surface area contributed by atoms with E-state index in [0.29, 0.717) is 22.5 Å². The Morgan fingerprint density at radius 1 is 1.27 bits per heavy atom. The third-order valence-corrected chi connectivity index (χ3v) is 3.99. The molecular weight excluding hydrogens is 338 g/mol. The van der Waals surface area contributed by atoms with E-state index in [1.54, 1.807) is 20.2 Å². The molecule has 0 unspecified atom stereocenters. The van der Waals surface area contributed by atoms with Crippen LogP contribution in [0.4, 0.5) is 0 Å². The lowest BCUT2D eigenvalue weighted by atomic mass is 10.2. The van der Waals surface area contributed by atoms with E-state index in [1.165, 1.54) is 28.9 Å². The standard InChI is InChI=1S/C17H19N5O4/c1-21-16-12(8-20-21)17(24)22(10-19-16)9-14(23)18-7-11-5-4-6-13(25-2)15(11)26-3/h4-6,8,10H,7,9H2,1-3H3,(H,18,23). The molecule has 0 atom stereocenters. The molecule has 0 saturated heterocycles. The number of benzene rings is 1. The third-order valence-electron chi connectivity index (χ3n) is 3.99. The van der Waals surface area contributed by atoms with Crippen molar-refractivity contribution in [2.24, 2.45) is 7.05 Å². The zero-order valence-corrected chi connectivity index (χ0v) is 14.7. The smallest absolute Gasteiger partial charge is 0.264 e. The fraction of sp³-hybridized carbons (Fsp3) is 0.294. The first-order chi connectivity index (χ1) is 12.5. The van der Waals surface area contributed by atoms with E-state index in [0.717, 1.165) is 5.56 Å². The van der Waals surface area contributed by atoms with Crippen molar-refractivity contribution in [2.75, 3.05) is 14.2 Å². The van der Waals surface area contributed by atoms with Crippen LogP contribution in [0.1, 0.15) is 5.56 Å².